The Kier molecular flexibility index (Phi) is 7.37. The number of fused-ring (bicyclic) bond motifs is 3. The first kappa shape index (κ1) is 28.7. The number of benzene rings is 2. The summed E-state index contributed by atoms with van der Waals surface area (Å²) in [7, 11) is 0. The lowest BCUT2D eigenvalue weighted by Crippen LogP contribution is -2.47. The van der Waals surface area contributed by atoms with Gasteiger partial charge in [-0.05, 0) is 58.4 Å². The van der Waals surface area contributed by atoms with E-state index in [1.807, 2.05) is 4.57 Å². The Bertz CT molecular complexity index is 1840. The summed E-state index contributed by atoms with van der Waals surface area (Å²) >= 11 is 6.61. The van der Waals surface area contributed by atoms with Gasteiger partial charge in [0.2, 0.25) is 0 Å². The number of rotatable bonds is 4. The van der Waals surface area contributed by atoms with Crippen molar-refractivity contribution in [2.45, 2.75) is 51.9 Å². The minimum absolute atomic E-state index is 0.111. The Morgan fingerprint density at radius 3 is 2.53 bits per heavy atom. The number of halogens is 3. The molecule has 9 nitrogen and oxygen atoms in total. The minimum Gasteiger partial charge on any atom is -0.444 e. The lowest BCUT2D eigenvalue weighted by Gasteiger charge is -2.36. The first-order chi connectivity index (χ1) is 20.5. The van der Waals surface area contributed by atoms with Crippen LogP contribution in [-0.2, 0) is 4.74 Å². The highest BCUT2D eigenvalue weighted by Gasteiger charge is 2.36. The number of aryl methyl sites for hydroxylation is 1. The van der Waals surface area contributed by atoms with Crippen molar-refractivity contribution in [1.29, 1.82) is 0 Å². The number of piperidine rings is 1. The molecule has 2 atom stereocenters. The molecule has 1 amide bonds. The molecule has 1 saturated heterocycles. The predicted octanol–water partition coefficient (Wildman–Crippen LogP) is 7.45. The lowest BCUT2D eigenvalue weighted by atomic mass is 10.00. The molecule has 1 aliphatic rings. The number of carbonyl (C=O) groups is 1. The molecule has 2 aromatic carbocycles. The van der Waals surface area contributed by atoms with Gasteiger partial charge in [-0.3, -0.25) is 4.98 Å². The van der Waals surface area contributed by atoms with Gasteiger partial charge in [0.25, 0.3) is 0 Å². The molecule has 0 N–H and O–H groups in total. The molecular weight excluding hydrogens is 578 g/mol. The van der Waals surface area contributed by atoms with E-state index in [-0.39, 0.29) is 23.1 Å². The van der Waals surface area contributed by atoms with Crippen molar-refractivity contribution in [3.05, 3.63) is 71.7 Å². The van der Waals surface area contributed by atoms with Crippen LogP contribution in [0.1, 0.15) is 39.1 Å². The Labute approximate surface area is 251 Å². The van der Waals surface area contributed by atoms with Gasteiger partial charge in [0.1, 0.15) is 34.7 Å². The summed E-state index contributed by atoms with van der Waals surface area (Å²) < 4.78 is 44.3. The number of likely N-dealkylation sites (tertiary alicyclic amines) is 1. The van der Waals surface area contributed by atoms with Crippen LogP contribution in [0.5, 0.6) is 11.8 Å². The molecule has 5 aromatic rings. The number of ether oxygens (including phenoxy) is 2. The SMILES string of the molecule is Cc1nc2cnc3cc(F)c(-c4ccc(Oc5ncccn5)cc4Cl)cc3c2n1[C@H]1CCN(C(=O)OC(C)(C)C)C[C@@H]1F. The molecule has 0 spiro atoms. The highest BCUT2D eigenvalue weighted by atomic mass is 35.5. The van der Waals surface area contributed by atoms with E-state index in [0.29, 0.717) is 52.0 Å². The van der Waals surface area contributed by atoms with E-state index in [2.05, 4.69) is 19.9 Å². The Hall–Kier alpha value is -4.38. The van der Waals surface area contributed by atoms with Crippen LogP contribution in [0, 0.1) is 12.7 Å². The van der Waals surface area contributed by atoms with Crippen molar-refractivity contribution in [1.82, 2.24) is 29.4 Å². The Morgan fingerprint density at radius 1 is 1.07 bits per heavy atom. The number of nitrogens with zero attached hydrogens (tertiary/aromatic N) is 6. The van der Waals surface area contributed by atoms with E-state index in [9.17, 15) is 4.79 Å². The summed E-state index contributed by atoms with van der Waals surface area (Å²) in [6, 6.07) is 9.12. The zero-order valence-corrected chi connectivity index (χ0v) is 24.8. The molecule has 3 aromatic heterocycles. The van der Waals surface area contributed by atoms with Crippen molar-refractivity contribution in [2.24, 2.45) is 0 Å². The average Bonchev–Trinajstić information content (AvgIpc) is 3.28. The molecule has 0 aliphatic carbocycles. The quantitative estimate of drug-likeness (QED) is 0.210. The second-order valence-electron chi connectivity index (χ2n) is 11.4. The molecule has 12 heteroatoms. The molecular formula is C31H29ClF2N6O3. The van der Waals surface area contributed by atoms with Crippen LogP contribution >= 0.6 is 11.6 Å². The van der Waals surface area contributed by atoms with Crippen LogP contribution in [0.2, 0.25) is 5.02 Å². The largest absolute Gasteiger partial charge is 0.444 e. The number of imidazole rings is 1. The summed E-state index contributed by atoms with van der Waals surface area (Å²) in [4.78, 5) is 31.2. The van der Waals surface area contributed by atoms with Gasteiger partial charge in [0, 0.05) is 47.6 Å². The number of aromatic nitrogens is 5. The Balaban J connectivity index is 1.37. The van der Waals surface area contributed by atoms with E-state index < -0.39 is 29.7 Å². The van der Waals surface area contributed by atoms with Crippen LogP contribution in [0.3, 0.4) is 0 Å². The molecule has 222 valence electrons. The van der Waals surface area contributed by atoms with Gasteiger partial charge in [-0.2, -0.15) is 0 Å². The van der Waals surface area contributed by atoms with E-state index in [4.69, 9.17) is 21.1 Å². The molecule has 0 unspecified atom stereocenters. The molecule has 4 heterocycles. The number of pyridine rings is 1. The third-order valence-corrected chi connectivity index (χ3v) is 7.57. The lowest BCUT2D eigenvalue weighted by molar-refractivity contribution is 0.00693. The zero-order chi connectivity index (χ0) is 30.5. The van der Waals surface area contributed by atoms with Gasteiger partial charge >= 0.3 is 12.1 Å². The van der Waals surface area contributed by atoms with Crippen LogP contribution < -0.4 is 4.74 Å². The normalized spacial score (nSPS) is 17.4. The zero-order valence-electron chi connectivity index (χ0n) is 24.0. The molecule has 0 radical (unpaired) electrons. The van der Waals surface area contributed by atoms with Crippen molar-refractivity contribution in [2.75, 3.05) is 13.1 Å². The second kappa shape index (κ2) is 11.0. The summed E-state index contributed by atoms with van der Waals surface area (Å²) in [5.41, 5.74) is 1.60. The summed E-state index contributed by atoms with van der Waals surface area (Å²) in [5, 5.41) is 0.861. The van der Waals surface area contributed by atoms with Crippen molar-refractivity contribution in [3.8, 4) is 22.9 Å². The van der Waals surface area contributed by atoms with E-state index in [0.717, 1.165) is 0 Å². The number of amides is 1. The van der Waals surface area contributed by atoms with Gasteiger partial charge < -0.3 is 18.9 Å². The van der Waals surface area contributed by atoms with Crippen LogP contribution in [-0.4, -0.2) is 60.4 Å². The maximum absolute atomic E-state index is 15.8. The maximum atomic E-state index is 15.8. The maximum Gasteiger partial charge on any atom is 0.410 e. The Morgan fingerprint density at radius 2 is 1.84 bits per heavy atom. The third-order valence-electron chi connectivity index (χ3n) is 7.25. The number of carbonyl (C=O) groups excluding carboxylic acids is 1. The molecule has 1 aliphatic heterocycles. The standard InChI is InChI=1S/C31H29ClF2N6O3/c1-17-38-26-15-37-25-14-23(33)20(19-7-6-18(12-22(19)32)42-29-35-9-5-10-36-29)13-21(25)28(26)40(17)27-8-11-39(16-24(27)34)30(41)43-31(2,3)4/h5-7,9-10,12-15,24,27H,8,11,16H2,1-4H3/t24-,27-/m0/s1. The van der Waals surface area contributed by atoms with Crippen molar-refractivity contribution in [3.63, 3.8) is 0 Å². The number of hydrogen-bond acceptors (Lipinski definition) is 7. The number of alkyl halides is 1. The van der Waals surface area contributed by atoms with Gasteiger partial charge in [-0.15, -0.1) is 0 Å². The van der Waals surface area contributed by atoms with Crippen LogP contribution in [0.25, 0.3) is 33.1 Å². The molecule has 43 heavy (non-hydrogen) atoms. The van der Waals surface area contributed by atoms with Crippen LogP contribution in [0.15, 0.2) is 55.0 Å². The van der Waals surface area contributed by atoms with Gasteiger partial charge in [-0.25, -0.2) is 28.5 Å². The molecule has 0 bridgehead atoms. The second-order valence-corrected chi connectivity index (χ2v) is 11.9. The van der Waals surface area contributed by atoms with E-state index in [1.54, 1.807) is 76.6 Å². The predicted molar refractivity (Wildman–Crippen MR) is 159 cm³/mol. The van der Waals surface area contributed by atoms with Crippen LogP contribution in [0.4, 0.5) is 13.6 Å². The third kappa shape index (κ3) is 5.69. The van der Waals surface area contributed by atoms with Gasteiger partial charge in [0.15, 0.2) is 0 Å². The average molecular weight is 607 g/mol. The molecule has 1 fully saturated rings. The monoisotopic (exact) mass is 606 g/mol. The summed E-state index contributed by atoms with van der Waals surface area (Å²) in [5.74, 6) is 0.472. The highest BCUT2D eigenvalue weighted by Crippen LogP contribution is 2.39. The number of hydrogen-bond donors (Lipinski definition) is 0. The first-order valence-electron chi connectivity index (χ1n) is 13.8. The topological polar surface area (TPSA) is 95.3 Å². The smallest absolute Gasteiger partial charge is 0.410 e. The van der Waals surface area contributed by atoms with E-state index in [1.165, 1.54) is 11.0 Å². The highest BCUT2D eigenvalue weighted by molar-refractivity contribution is 6.33. The fourth-order valence-corrected chi connectivity index (χ4v) is 5.70. The summed E-state index contributed by atoms with van der Waals surface area (Å²) in [6.45, 7) is 7.33. The summed E-state index contributed by atoms with van der Waals surface area (Å²) in [6.07, 6.45) is 3.10. The van der Waals surface area contributed by atoms with Crippen molar-refractivity contribution < 1.29 is 23.0 Å². The minimum atomic E-state index is -1.38. The van der Waals surface area contributed by atoms with Gasteiger partial charge in [-0.1, -0.05) is 11.6 Å². The van der Waals surface area contributed by atoms with Gasteiger partial charge in [0.05, 0.1) is 34.8 Å². The first-order valence-corrected chi connectivity index (χ1v) is 14.2. The molecule has 0 saturated carbocycles. The van der Waals surface area contributed by atoms with Crippen molar-refractivity contribution >= 4 is 39.6 Å². The fourth-order valence-electron chi connectivity index (χ4n) is 5.42. The molecule has 6 rings (SSSR count). The fraction of sp³-hybridized carbons (Fsp3) is 0.323. The van der Waals surface area contributed by atoms with E-state index >= 15 is 8.78 Å².